The third-order valence-electron chi connectivity index (χ3n) is 4.90. The largest absolute Gasteiger partial charge is 0.373 e. The van der Waals surface area contributed by atoms with Crippen LogP contribution in [0, 0.1) is 13.8 Å². The molecule has 26 heavy (non-hydrogen) atoms. The van der Waals surface area contributed by atoms with Crippen LogP contribution in [0.25, 0.3) is 0 Å². The van der Waals surface area contributed by atoms with Crippen LogP contribution in [0.3, 0.4) is 0 Å². The second-order valence-corrected chi connectivity index (χ2v) is 7.35. The maximum absolute atomic E-state index is 12.1. The van der Waals surface area contributed by atoms with E-state index in [1.54, 1.807) is 0 Å². The highest BCUT2D eigenvalue weighted by atomic mass is 17.2. The normalized spacial score (nSPS) is 10.9. The van der Waals surface area contributed by atoms with E-state index in [4.69, 9.17) is 9.78 Å². The van der Waals surface area contributed by atoms with Crippen LogP contribution >= 0.6 is 0 Å². The van der Waals surface area contributed by atoms with Crippen molar-refractivity contribution in [2.24, 2.45) is 0 Å². The molecule has 0 aliphatic rings. The Labute approximate surface area is 160 Å². The van der Waals surface area contributed by atoms with E-state index in [0.717, 1.165) is 24.0 Å². The minimum absolute atomic E-state index is 0.389. The Bertz CT molecular complexity index is 476. The van der Waals surface area contributed by atoms with Crippen molar-refractivity contribution in [2.75, 3.05) is 6.61 Å². The van der Waals surface area contributed by atoms with E-state index >= 15 is 0 Å². The lowest BCUT2D eigenvalue weighted by atomic mass is 10.0. The van der Waals surface area contributed by atoms with Gasteiger partial charge >= 0.3 is 5.97 Å². The summed E-state index contributed by atoms with van der Waals surface area (Å²) < 4.78 is 0. The molecule has 0 fully saturated rings. The van der Waals surface area contributed by atoms with Crippen LogP contribution in [0.1, 0.15) is 105 Å². The summed E-state index contributed by atoms with van der Waals surface area (Å²) in [7, 11) is 0. The first-order valence-corrected chi connectivity index (χ1v) is 10.6. The van der Waals surface area contributed by atoms with Gasteiger partial charge < -0.3 is 0 Å². The van der Waals surface area contributed by atoms with Gasteiger partial charge in [-0.2, -0.15) is 4.89 Å². The summed E-state index contributed by atoms with van der Waals surface area (Å²) in [6.07, 6.45) is 15.7. The summed E-state index contributed by atoms with van der Waals surface area (Å²) in [6.45, 7) is 6.57. The standard InChI is InChI=1S/C23H38O3/c1-4-5-6-7-8-9-10-11-12-13-14-15-19-25-26-23(24)22-20(2)17-16-18-21(22)3/h16-18H,4-15,19H2,1-3H3. The number of carbonyl (C=O) groups excluding carboxylic acids is 1. The molecule has 0 amide bonds. The zero-order valence-electron chi connectivity index (χ0n) is 17.1. The molecule has 0 aliphatic carbocycles. The fraction of sp³-hybridized carbons (Fsp3) is 0.696. The van der Waals surface area contributed by atoms with Crippen molar-refractivity contribution in [3.8, 4) is 0 Å². The van der Waals surface area contributed by atoms with Crippen molar-refractivity contribution in [3.05, 3.63) is 34.9 Å². The van der Waals surface area contributed by atoms with Crippen LogP contribution in [0.2, 0.25) is 0 Å². The summed E-state index contributed by atoms with van der Waals surface area (Å²) in [6, 6.07) is 5.76. The molecule has 1 aromatic carbocycles. The van der Waals surface area contributed by atoms with Crippen LogP contribution in [-0.2, 0) is 9.78 Å². The molecule has 1 aromatic rings. The number of aryl methyl sites for hydroxylation is 2. The number of unbranched alkanes of at least 4 members (excludes halogenated alkanes) is 11. The Balaban J connectivity index is 1.93. The van der Waals surface area contributed by atoms with Gasteiger partial charge in [0, 0.05) is 0 Å². The topological polar surface area (TPSA) is 35.5 Å². The summed E-state index contributed by atoms with van der Waals surface area (Å²) in [5.41, 5.74) is 2.45. The first kappa shape index (κ1) is 22.7. The zero-order valence-corrected chi connectivity index (χ0v) is 17.1. The van der Waals surface area contributed by atoms with Crippen LogP contribution in [0.5, 0.6) is 0 Å². The average molecular weight is 363 g/mol. The maximum Gasteiger partial charge on any atom is 0.373 e. The molecule has 0 heterocycles. The molecule has 0 saturated heterocycles. The molecular formula is C23H38O3. The van der Waals surface area contributed by atoms with Crippen molar-refractivity contribution >= 4 is 5.97 Å². The van der Waals surface area contributed by atoms with E-state index in [-0.39, 0.29) is 5.97 Å². The van der Waals surface area contributed by atoms with Gasteiger partial charge in [0.15, 0.2) is 0 Å². The molecule has 0 radical (unpaired) electrons. The number of hydrogen-bond donors (Lipinski definition) is 0. The first-order valence-electron chi connectivity index (χ1n) is 10.6. The molecule has 0 aromatic heterocycles. The molecular weight excluding hydrogens is 324 g/mol. The fourth-order valence-corrected chi connectivity index (χ4v) is 3.28. The summed E-state index contributed by atoms with van der Waals surface area (Å²) in [5, 5.41) is 0. The second kappa shape index (κ2) is 14.8. The minimum Gasteiger partial charge on any atom is -0.293 e. The van der Waals surface area contributed by atoms with E-state index < -0.39 is 0 Å². The van der Waals surface area contributed by atoms with Crippen molar-refractivity contribution in [1.29, 1.82) is 0 Å². The molecule has 3 heteroatoms. The third kappa shape index (κ3) is 9.96. The Morgan fingerprint density at radius 1 is 0.769 bits per heavy atom. The summed E-state index contributed by atoms with van der Waals surface area (Å²) in [5.74, 6) is -0.389. The van der Waals surface area contributed by atoms with Crippen LogP contribution in [0.15, 0.2) is 18.2 Å². The van der Waals surface area contributed by atoms with Crippen molar-refractivity contribution in [1.82, 2.24) is 0 Å². The predicted molar refractivity (Wildman–Crippen MR) is 108 cm³/mol. The van der Waals surface area contributed by atoms with E-state index in [0.29, 0.717) is 12.2 Å². The van der Waals surface area contributed by atoms with Gasteiger partial charge in [0.05, 0.1) is 12.2 Å². The molecule has 0 bridgehead atoms. The molecule has 148 valence electrons. The van der Waals surface area contributed by atoms with Gasteiger partial charge in [-0.05, 0) is 31.4 Å². The molecule has 0 aliphatic heterocycles. The molecule has 1 rings (SSSR count). The number of carbonyl (C=O) groups is 1. The molecule has 0 spiro atoms. The first-order chi connectivity index (χ1) is 12.7. The summed E-state index contributed by atoms with van der Waals surface area (Å²) in [4.78, 5) is 22.1. The zero-order chi connectivity index (χ0) is 19.0. The monoisotopic (exact) mass is 362 g/mol. The van der Waals surface area contributed by atoms with Gasteiger partial charge in [-0.15, -0.1) is 0 Å². The van der Waals surface area contributed by atoms with Crippen molar-refractivity contribution in [2.45, 2.75) is 97.8 Å². The smallest absolute Gasteiger partial charge is 0.293 e. The minimum atomic E-state index is -0.389. The molecule has 3 nitrogen and oxygen atoms in total. The maximum atomic E-state index is 12.1. The summed E-state index contributed by atoms with van der Waals surface area (Å²) >= 11 is 0. The Kier molecular flexibility index (Phi) is 12.9. The Morgan fingerprint density at radius 3 is 1.73 bits per heavy atom. The van der Waals surface area contributed by atoms with Gasteiger partial charge in [-0.1, -0.05) is 95.8 Å². The van der Waals surface area contributed by atoms with E-state index in [1.165, 1.54) is 64.2 Å². The van der Waals surface area contributed by atoms with E-state index in [1.807, 2.05) is 32.0 Å². The average Bonchev–Trinajstić information content (AvgIpc) is 2.62. The highest BCUT2D eigenvalue weighted by Crippen LogP contribution is 2.15. The molecule has 0 saturated carbocycles. The van der Waals surface area contributed by atoms with Crippen LogP contribution < -0.4 is 0 Å². The van der Waals surface area contributed by atoms with Crippen molar-refractivity contribution in [3.63, 3.8) is 0 Å². The number of benzene rings is 1. The van der Waals surface area contributed by atoms with Crippen LogP contribution in [-0.4, -0.2) is 12.6 Å². The lowest BCUT2D eigenvalue weighted by molar-refractivity contribution is -0.241. The van der Waals surface area contributed by atoms with Gasteiger partial charge in [0.25, 0.3) is 0 Å². The van der Waals surface area contributed by atoms with E-state index in [9.17, 15) is 4.79 Å². The SMILES string of the molecule is CCCCCCCCCCCCCCOOC(=O)c1c(C)cccc1C. The number of hydrogen-bond acceptors (Lipinski definition) is 3. The van der Waals surface area contributed by atoms with Crippen molar-refractivity contribution < 1.29 is 14.6 Å². The highest BCUT2D eigenvalue weighted by Gasteiger charge is 2.14. The Hall–Kier alpha value is -1.35. The third-order valence-corrected chi connectivity index (χ3v) is 4.90. The fourth-order valence-electron chi connectivity index (χ4n) is 3.28. The quantitative estimate of drug-likeness (QED) is 0.190. The van der Waals surface area contributed by atoms with Gasteiger partial charge in [-0.25, -0.2) is 4.79 Å². The molecule has 0 atom stereocenters. The van der Waals surface area contributed by atoms with Gasteiger partial charge in [0.2, 0.25) is 0 Å². The lowest BCUT2D eigenvalue weighted by Gasteiger charge is -2.08. The molecule has 0 unspecified atom stereocenters. The highest BCUT2D eigenvalue weighted by molar-refractivity contribution is 5.92. The second-order valence-electron chi connectivity index (χ2n) is 7.35. The lowest BCUT2D eigenvalue weighted by Crippen LogP contribution is -2.10. The molecule has 0 N–H and O–H groups in total. The van der Waals surface area contributed by atoms with E-state index in [2.05, 4.69) is 6.92 Å². The predicted octanol–water partition coefficient (Wildman–Crippen LogP) is 7.09. The van der Waals surface area contributed by atoms with Crippen LogP contribution in [0.4, 0.5) is 0 Å². The van der Waals surface area contributed by atoms with Gasteiger partial charge in [-0.3, -0.25) is 4.89 Å². The van der Waals surface area contributed by atoms with Gasteiger partial charge in [0.1, 0.15) is 0 Å². The number of rotatable bonds is 15. The Morgan fingerprint density at radius 2 is 1.23 bits per heavy atom.